The number of rotatable bonds is 1. The van der Waals surface area contributed by atoms with Crippen molar-refractivity contribution in [3.63, 3.8) is 0 Å². The summed E-state index contributed by atoms with van der Waals surface area (Å²) in [6, 6.07) is 1.000. The van der Waals surface area contributed by atoms with E-state index in [2.05, 4.69) is 24.1 Å². The third-order valence-corrected chi connectivity index (χ3v) is 7.97. The predicted octanol–water partition coefficient (Wildman–Crippen LogP) is 3.34. The highest BCUT2D eigenvalue weighted by Gasteiger charge is 2.64. The van der Waals surface area contributed by atoms with Crippen molar-refractivity contribution < 1.29 is 4.79 Å². The van der Waals surface area contributed by atoms with Crippen LogP contribution in [0, 0.1) is 22.2 Å². The second-order valence-corrected chi connectivity index (χ2v) is 10.5. The van der Waals surface area contributed by atoms with E-state index < -0.39 is 0 Å². The van der Waals surface area contributed by atoms with Crippen LogP contribution in [0.25, 0.3) is 0 Å². The van der Waals surface area contributed by atoms with Crippen molar-refractivity contribution in [3.8, 4) is 0 Å². The van der Waals surface area contributed by atoms with Gasteiger partial charge in [0.1, 0.15) is 0 Å². The second-order valence-electron chi connectivity index (χ2n) is 10.5. The third kappa shape index (κ3) is 2.08. The van der Waals surface area contributed by atoms with E-state index in [4.69, 9.17) is 0 Å². The summed E-state index contributed by atoms with van der Waals surface area (Å²) in [6.45, 7) is 7.08. The highest BCUT2D eigenvalue weighted by atomic mass is 16.2. The van der Waals surface area contributed by atoms with Crippen LogP contribution in [0.1, 0.15) is 71.6 Å². The fraction of sp³-hybridized carbons (Fsp3) is 0.950. The Morgan fingerprint density at radius 1 is 0.957 bits per heavy atom. The van der Waals surface area contributed by atoms with Gasteiger partial charge in [-0.05, 0) is 81.1 Å². The van der Waals surface area contributed by atoms with Gasteiger partial charge in [0.2, 0.25) is 5.91 Å². The summed E-state index contributed by atoms with van der Waals surface area (Å²) >= 11 is 0. The molecule has 2 heterocycles. The monoisotopic (exact) mass is 316 g/mol. The number of nitrogens with zero attached hydrogens (tertiary/aromatic N) is 1. The minimum absolute atomic E-state index is 0.00586. The van der Waals surface area contributed by atoms with E-state index in [-0.39, 0.29) is 5.41 Å². The first-order valence-electron chi connectivity index (χ1n) is 9.94. The minimum Gasteiger partial charge on any atom is -0.335 e. The normalized spacial score (nSPS) is 54.3. The molecule has 3 nitrogen and oxygen atoms in total. The molecule has 6 aliphatic rings. The molecule has 4 atom stereocenters. The van der Waals surface area contributed by atoms with Crippen molar-refractivity contribution in [2.24, 2.45) is 22.2 Å². The number of nitrogens with one attached hydrogen (secondary N) is 1. The molecule has 128 valence electrons. The maximum atomic E-state index is 13.8. The molecular weight excluding hydrogens is 284 g/mol. The van der Waals surface area contributed by atoms with E-state index in [0.717, 1.165) is 25.4 Å². The second kappa shape index (κ2) is 4.53. The number of hydrogen-bond acceptors (Lipinski definition) is 2. The smallest absolute Gasteiger partial charge is 0.229 e. The zero-order valence-electron chi connectivity index (χ0n) is 14.9. The number of carbonyl (C=O) groups excluding carboxylic acids is 1. The Kier molecular flexibility index (Phi) is 2.91. The lowest BCUT2D eigenvalue weighted by Gasteiger charge is -2.65. The summed E-state index contributed by atoms with van der Waals surface area (Å²) in [6.07, 6.45) is 11.3. The number of hydrogen-bond donors (Lipinski definition) is 1. The lowest BCUT2D eigenvalue weighted by Crippen LogP contribution is -2.61. The fourth-order valence-electron chi connectivity index (χ4n) is 8.27. The molecular formula is C20H32N2O. The quantitative estimate of drug-likeness (QED) is 0.805. The van der Waals surface area contributed by atoms with Crippen molar-refractivity contribution in [1.82, 2.24) is 10.2 Å². The Hall–Kier alpha value is -0.570. The first kappa shape index (κ1) is 14.7. The van der Waals surface area contributed by atoms with Gasteiger partial charge >= 0.3 is 0 Å². The Balaban J connectivity index is 1.50. The maximum Gasteiger partial charge on any atom is 0.229 e. The molecule has 2 saturated heterocycles. The van der Waals surface area contributed by atoms with Crippen LogP contribution in [0.4, 0.5) is 0 Å². The van der Waals surface area contributed by atoms with Crippen LogP contribution >= 0.6 is 0 Å². The summed E-state index contributed by atoms with van der Waals surface area (Å²) < 4.78 is 0. The molecule has 2 aliphatic heterocycles. The van der Waals surface area contributed by atoms with Gasteiger partial charge in [0, 0.05) is 18.6 Å². The molecule has 23 heavy (non-hydrogen) atoms. The van der Waals surface area contributed by atoms with Gasteiger partial charge in [-0.1, -0.05) is 13.8 Å². The molecule has 4 unspecified atom stereocenters. The molecule has 4 aliphatic carbocycles. The molecule has 4 saturated carbocycles. The summed E-state index contributed by atoms with van der Waals surface area (Å²) in [4.78, 5) is 16.2. The van der Waals surface area contributed by atoms with Gasteiger partial charge in [0.15, 0.2) is 0 Å². The molecule has 0 spiro atoms. The van der Waals surface area contributed by atoms with Gasteiger partial charge in [-0.15, -0.1) is 0 Å². The topological polar surface area (TPSA) is 32.3 Å². The van der Waals surface area contributed by atoms with Crippen LogP contribution in [0.5, 0.6) is 0 Å². The zero-order valence-corrected chi connectivity index (χ0v) is 14.9. The van der Waals surface area contributed by atoms with Gasteiger partial charge in [0.25, 0.3) is 0 Å². The van der Waals surface area contributed by atoms with Crippen LogP contribution in [0.3, 0.4) is 0 Å². The molecule has 0 aromatic carbocycles. The molecule has 0 aromatic heterocycles. The molecule has 1 N–H and O–H groups in total. The summed E-state index contributed by atoms with van der Waals surface area (Å²) in [5.41, 5.74) is 0.869. The summed E-state index contributed by atoms with van der Waals surface area (Å²) in [5.74, 6) is 1.38. The van der Waals surface area contributed by atoms with Crippen LogP contribution in [-0.2, 0) is 4.79 Å². The van der Waals surface area contributed by atoms with Crippen LogP contribution in [0.15, 0.2) is 0 Å². The van der Waals surface area contributed by atoms with E-state index >= 15 is 0 Å². The first-order chi connectivity index (χ1) is 10.9. The van der Waals surface area contributed by atoms with Gasteiger partial charge < -0.3 is 10.2 Å². The van der Waals surface area contributed by atoms with E-state index in [0.29, 0.717) is 28.8 Å². The van der Waals surface area contributed by atoms with E-state index in [1.807, 2.05) is 0 Å². The molecule has 6 rings (SSSR count). The minimum atomic E-state index is -0.00586. The fourth-order valence-corrected chi connectivity index (χ4v) is 8.27. The van der Waals surface area contributed by atoms with Crippen molar-refractivity contribution in [2.45, 2.75) is 83.7 Å². The Labute approximate surface area is 140 Å². The summed E-state index contributed by atoms with van der Waals surface area (Å²) in [5, 5.41) is 3.56. The maximum absolute atomic E-state index is 13.8. The zero-order chi connectivity index (χ0) is 15.9. The van der Waals surface area contributed by atoms with Crippen molar-refractivity contribution in [3.05, 3.63) is 0 Å². The molecule has 0 radical (unpaired) electrons. The molecule has 1 amide bonds. The lowest BCUT2D eigenvalue weighted by molar-refractivity contribution is -0.181. The average molecular weight is 316 g/mol. The SMILES string of the molecule is CC12CC3CC(C)(C1)CC(C(=O)N1C4CCNCC1CC4)(C3)C2. The molecule has 6 bridgehead atoms. The van der Waals surface area contributed by atoms with Crippen molar-refractivity contribution in [2.75, 3.05) is 13.1 Å². The van der Waals surface area contributed by atoms with Gasteiger partial charge in [-0.25, -0.2) is 0 Å². The van der Waals surface area contributed by atoms with Gasteiger partial charge in [-0.3, -0.25) is 4.79 Å². The predicted molar refractivity (Wildman–Crippen MR) is 91.0 cm³/mol. The van der Waals surface area contributed by atoms with E-state index in [1.54, 1.807) is 0 Å². The highest BCUT2D eigenvalue weighted by Crippen LogP contribution is 2.70. The number of amides is 1. The number of carbonyl (C=O) groups is 1. The van der Waals surface area contributed by atoms with Crippen LogP contribution in [0.2, 0.25) is 0 Å². The largest absolute Gasteiger partial charge is 0.335 e. The Morgan fingerprint density at radius 3 is 2.35 bits per heavy atom. The highest BCUT2D eigenvalue weighted by molar-refractivity contribution is 5.84. The average Bonchev–Trinajstić information content (AvgIpc) is 2.66. The standard InChI is InChI=1S/C20H32N2O/c1-18-7-14-8-19(2,11-18)13-20(9-14,12-18)17(23)22-15-3-4-16(22)10-21-6-5-15/h14-16,21H,3-13H2,1-2H3. The molecule has 0 aromatic rings. The van der Waals surface area contributed by atoms with Gasteiger partial charge in [0.05, 0.1) is 5.41 Å². The lowest BCUT2D eigenvalue weighted by atomic mass is 9.40. The first-order valence-corrected chi connectivity index (χ1v) is 9.94. The van der Waals surface area contributed by atoms with Gasteiger partial charge in [-0.2, -0.15) is 0 Å². The molecule has 6 fully saturated rings. The van der Waals surface area contributed by atoms with Crippen molar-refractivity contribution in [1.29, 1.82) is 0 Å². The molecule has 3 heteroatoms. The Morgan fingerprint density at radius 2 is 1.65 bits per heavy atom. The van der Waals surface area contributed by atoms with Crippen molar-refractivity contribution >= 4 is 5.91 Å². The summed E-state index contributed by atoms with van der Waals surface area (Å²) in [7, 11) is 0. The number of fused-ring (bicyclic) bond motifs is 2. The van der Waals surface area contributed by atoms with E-state index in [9.17, 15) is 4.79 Å². The van der Waals surface area contributed by atoms with Crippen LogP contribution in [-0.4, -0.2) is 36.0 Å². The van der Waals surface area contributed by atoms with Crippen LogP contribution < -0.4 is 5.32 Å². The van der Waals surface area contributed by atoms with E-state index in [1.165, 1.54) is 51.4 Å². The third-order valence-electron chi connectivity index (χ3n) is 7.97. The Bertz CT molecular complexity index is 512.